The first kappa shape index (κ1) is 40.7. The van der Waals surface area contributed by atoms with Gasteiger partial charge in [-0.25, -0.2) is 24.4 Å². The van der Waals surface area contributed by atoms with Crippen LogP contribution in [0, 0.1) is 0 Å². The van der Waals surface area contributed by atoms with Crippen LogP contribution in [0.5, 0.6) is 0 Å². The number of carbonyl (C=O) groups excluding carboxylic acids is 4. The van der Waals surface area contributed by atoms with E-state index in [4.69, 9.17) is 33.9 Å². The maximum absolute atomic E-state index is 12.4. The van der Waals surface area contributed by atoms with Crippen molar-refractivity contribution in [3.05, 3.63) is 189 Å². The van der Waals surface area contributed by atoms with Gasteiger partial charge in [0.2, 0.25) is 5.90 Å². The van der Waals surface area contributed by atoms with Crippen molar-refractivity contribution in [2.75, 3.05) is 27.9 Å². The van der Waals surface area contributed by atoms with Crippen molar-refractivity contribution in [3.8, 4) is 0 Å². The van der Waals surface area contributed by atoms with E-state index in [2.05, 4.69) is 5.32 Å². The zero-order chi connectivity index (χ0) is 40.1. The van der Waals surface area contributed by atoms with Gasteiger partial charge in [0.15, 0.2) is 0 Å². The first-order chi connectivity index (χ1) is 27.7. The van der Waals surface area contributed by atoms with Crippen molar-refractivity contribution in [1.82, 2.24) is 4.98 Å². The zero-order valence-corrected chi connectivity index (χ0v) is 35.0. The number of ether oxygens (including phenoxy) is 4. The minimum atomic E-state index is -0.480. The van der Waals surface area contributed by atoms with E-state index in [1.807, 2.05) is 49.4 Å². The quantitative estimate of drug-likeness (QED) is 0.0902. The molecule has 1 amide bonds. The number of aliphatic imine (C=N–C) groups is 2. The van der Waals surface area contributed by atoms with Gasteiger partial charge in [-0.3, -0.25) is 0 Å². The molecule has 13 heteroatoms. The van der Waals surface area contributed by atoms with Crippen molar-refractivity contribution in [2.45, 2.75) is 6.92 Å². The molecule has 3 aromatic carbocycles. The summed E-state index contributed by atoms with van der Waals surface area (Å²) < 4.78 is 20.4. The smallest absolute Gasteiger partial charge is 0.657 e. The first-order valence-electron chi connectivity index (χ1n) is 17.7. The van der Waals surface area contributed by atoms with E-state index in [1.165, 1.54) is 27.4 Å². The Hall–Kier alpha value is -6.98. The van der Waals surface area contributed by atoms with Crippen LogP contribution in [-0.4, -0.2) is 63.4 Å². The number of aromatic nitrogens is 1. The van der Waals surface area contributed by atoms with Crippen LogP contribution in [0.15, 0.2) is 148 Å². The second-order valence-electron chi connectivity index (χ2n) is 12.5. The van der Waals surface area contributed by atoms with Gasteiger partial charge in [0.25, 0.3) is 0 Å². The zero-order valence-electron chi connectivity index (χ0n) is 32.0. The summed E-state index contributed by atoms with van der Waals surface area (Å²) in [5, 5.41) is 4.23. The first-order valence-corrected chi connectivity index (χ1v) is 17.7. The Morgan fingerprint density at radius 2 is 0.966 bits per heavy atom. The van der Waals surface area contributed by atoms with E-state index in [-0.39, 0.29) is 19.5 Å². The van der Waals surface area contributed by atoms with Crippen LogP contribution in [0.4, 0.5) is 0 Å². The fourth-order valence-electron chi connectivity index (χ4n) is 6.43. The van der Waals surface area contributed by atoms with Gasteiger partial charge in [0.1, 0.15) is 0 Å². The van der Waals surface area contributed by atoms with Crippen LogP contribution in [0.25, 0.3) is 22.0 Å². The van der Waals surface area contributed by atoms with Crippen molar-refractivity contribution in [2.24, 2.45) is 9.98 Å². The second kappa shape index (κ2) is 17.9. The van der Waals surface area contributed by atoms with Crippen LogP contribution in [0.1, 0.15) is 66.1 Å². The molecule has 4 heterocycles. The molecule has 0 bridgehead atoms. The molecule has 0 spiro atoms. The van der Waals surface area contributed by atoms with E-state index in [0.717, 1.165) is 5.56 Å². The summed E-state index contributed by atoms with van der Waals surface area (Å²) in [6.45, 7) is 2.32. The number of esters is 3. The molecule has 3 aliphatic heterocycles. The van der Waals surface area contributed by atoms with E-state index < -0.39 is 23.8 Å². The Labute approximate surface area is 346 Å². The van der Waals surface area contributed by atoms with E-state index in [1.54, 1.807) is 72.8 Å². The topological polar surface area (TPSA) is 158 Å². The summed E-state index contributed by atoms with van der Waals surface area (Å²) in [6, 6.07) is 24.5. The van der Waals surface area contributed by atoms with Gasteiger partial charge in [-0.2, -0.15) is 0 Å². The molecule has 0 atom stereocenters. The van der Waals surface area contributed by atoms with E-state index in [0.29, 0.717) is 91.2 Å². The van der Waals surface area contributed by atoms with Crippen LogP contribution in [-0.2, 0) is 43.2 Å². The molecule has 0 saturated heterocycles. The largest absolute Gasteiger partial charge is 2.00 e. The molecular formula is C45H34N4O8Zn. The van der Waals surface area contributed by atoms with Crippen molar-refractivity contribution < 1.29 is 57.6 Å². The molecule has 0 radical (unpaired) electrons. The molecule has 0 fully saturated rings. The summed E-state index contributed by atoms with van der Waals surface area (Å²) in [5.74, 6) is -1.35. The van der Waals surface area contributed by atoms with Crippen molar-refractivity contribution in [1.29, 1.82) is 0 Å². The van der Waals surface area contributed by atoms with Gasteiger partial charge < -0.3 is 34.0 Å². The third-order valence-corrected chi connectivity index (χ3v) is 9.12. The number of hydrogen-bond acceptors (Lipinski definition) is 10. The average molecular weight is 824 g/mol. The number of nitrogens with zero attached hydrogens (tertiary/aromatic N) is 4. The Morgan fingerprint density at radius 1 is 0.534 bits per heavy atom. The molecule has 4 aromatic rings. The van der Waals surface area contributed by atoms with Crippen LogP contribution >= 0.6 is 0 Å². The normalized spacial score (nSPS) is 16.5. The molecule has 0 unspecified atom stereocenters. The number of amides is 1. The van der Waals surface area contributed by atoms with Gasteiger partial charge >= 0.3 is 37.4 Å². The van der Waals surface area contributed by atoms with Crippen molar-refractivity contribution in [3.63, 3.8) is 0 Å². The number of methoxy groups -OCH3 is 3. The Bertz CT molecular complexity index is 2550. The monoisotopic (exact) mass is 822 g/mol. The number of hydrogen-bond donors (Lipinski definition) is 0. The molecule has 0 saturated carbocycles. The Morgan fingerprint density at radius 3 is 1.40 bits per heavy atom. The Balaban J connectivity index is 0.00000567. The van der Waals surface area contributed by atoms with Crippen molar-refractivity contribution >= 4 is 52.1 Å². The van der Waals surface area contributed by atoms with Gasteiger partial charge in [0.05, 0.1) is 67.6 Å². The summed E-state index contributed by atoms with van der Waals surface area (Å²) in [7, 11) is 3.97. The maximum atomic E-state index is 12.4. The fourth-order valence-corrected chi connectivity index (χ4v) is 6.43. The van der Waals surface area contributed by atoms with Crippen LogP contribution in [0.2, 0.25) is 0 Å². The van der Waals surface area contributed by atoms with E-state index >= 15 is 0 Å². The predicted octanol–water partition coefficient (Wildman–Crippen LogP) is 7.42. The SMILES string of the molecule is CCOC1=N/C(=C(/c2ccc(C(=O)OC)cc2)c2ccc(/C(=C3/C=CC(C(=C4/C=CC(=O)[N-]4)/c4ccc(C(=O)OC)cc4)=N3)c3ccc(C(=O)OC)cc3)[n-]2)C=C1.[Zn+2]. The molecule has 12 nitrogen and oxygen atoms in total. The van der Waals surface area contributed by atoms with Gasteiger partial charge in [-0.05, 0) is 101 Å². The molecule has 284 valence electrons. The number of carbonyl (C=O) groups is 4. The molecule has 58 heavy (non-hydrogen) atoms. The second-order valence-corrected chi connectivity index (χ2v) is 12.5. The molecular weight excluding hydrogens is 790 g/mol. The number of benzene rings is 3. The molecule has 0 aliphatic carbocycles. The van der Waals surface area contributed by atoms with Crippen LogP contribution in [0.3, 0.4) is 0 Å². The minimum Gasteiger partial charge on any atom is -0.657 e. The standard InChI is InChI=1S/C45H35N4O8.Zn/c1-5-57-39-25-23-37(49-39)42(28-10-16-31(17-11-28)45(53)56-4)35-21-19-33(47-35)40(26-6-12-29(13-7-26)43(51)54-2)32-18-20-34(46-32)41(36-22-24-38(50)48-36)27-8-14-30(15-9-27)44(52)55-3;/h6-25H,5H2,1-4H3,(H-,46,47,48,49,50,51,52,53);/q-1;+2/p-1. The Kier molecular flexibility index (Phi) is 12.5. The number of rotatable bonds is 10. The summed E-state index contributed by atoms with van der Waals surface area (Å²) >= 11 is 0. The van der Waals surface area contributed by atoms with Gasteiger partial charge in [0, 0.05) is 6.08 Å². The third-order valence-electron chi connectivity index (χ3n) is 9.12. The maximum Gasteiger partial charge on any atom is 2.00 e. The average Bonchev–Trinajstić information content (AvgIpc) is 4.09. The molecule has 0 N–H and O–H groups in total. The predicted molar refractivity (Wildman–Crippen MR) is 214 cm³/mol. The number of allylic oxidation sites excluding steroid dienone is 5. The van der Waals surface area contributed by atoms with Gasteiger partial charge in [-0.1, -0.05) is 54.6 Å². The van der Waals surface area contributed by atoms with E-state index in [9.17, 15) is 19.2 Å². The van der Waals surface area contributed by atoms with Gasteiger partial charge in [-0.15, -0.1) is 17.1 Å². The minimum absolute atomic E-state index is 0. The summed E-state index contributed by atoms with van der Waals surface area (Å²) in [6.07, 6.45) is 10.3. The third kappa shape index (κ3) is 8.40. The molecule has 3 aliphatic rings. The van der Waals surface area contributed by atoms with Crippen LogP contribution < -0.4 is 4.98 Å². The summed E-state index contributed by atoms with van der Waals surface area (Å²) in [5.41, 5.74) is 8.45. The summed E-state index contributed by atoms with van der Waals surface area (Å²) in [4.78, 5) is 64.0. The fraction of sp³-hybridized carbons (Fsp3) is 0.111. The molecule has 7 rings (SSSR count). The molecule has 1 aromatic heterocycles.